The first kappa shape index (κ1) is 17.6. The SMILES string of the molecule is CCOc1ccc(Oc2cccc(Oc3ccc(ONC)cc3)c2)cc1. The van der Waals surface area contributed by atoms with Crippen LogP contribution in [0.5, 0.6) is 34.5 Å². The molecule has 0 heterocycles. The lowest BCUT2D eigenvalue weighted by molar-refractivity contribution is 0.223. The molecule has 134 valence electrons. The highest BCUT2D eigenvalue weighted by Gasteiger charge is 2.03. The molecular formula is C21H21NO4. The van der Waals surface area contributed by atoms with Gasteiger partial charge in [-0.1, -0.05) is 6.07 Å². The van der Waals surface area contributed by atoms with Crippen LogP contribution in [0.4, 0.5) is 0 Å². The van der Waals surface area contributed by atoms with E-state index in [0.29, 0.717) is 29.6 Å². The molecule has 3 aromatic rings. The van der Waals surface area contributed by atoms with Crippen molar-refractivity contribution in [1.29, 1.82) is 0 Å². The molecule has 0 unspecified atom stereocenters. The van der Waals surface area contributed by atoms with E-state index in [1.165, 1.54) is 0 Å². The van der Waals surface area contributed by atoms with Crippen molar-refractivity contribution in [2.75, 3.05) is 13.7 Å². The van der Waals surface area contributed by atoms with Gasteiger partial charge in [-0.25, -0.2) is 0 Å². The first-order valence-corrected chi connectivity index (χ1v) is 8.39. The minimum atomic E-state index is 0.641. The van der Waals surface area contributed by atoms with Crippen molar-refractivity contribution in [2.24, 2.45) is 0 Å². The predicted octanol–water partition coefficient (Wildman–Crippen LogP) is 5.18. The Bertz CT molecular complexity index is 749. The fraction of sp³-hybridized carbons (Fsp3) is 0.143. The Morgan fingerprint density at radius 2 is 1.15 bits per heavy atom. The van der Waals surface area contributed by atoms with Gasteiger partial charge in [-0.15, -0.1) is 0 Å². The molecule has 0 amide bonds. The highest BCUT2D eigenvalue weighted by Crippen LogP contribution is 2.29. The Labute approximate surface area is 153 Å². The quantitative estimate of drug-likeness (QED) is 0.567. The lowest BCUT2D eigenvalue weighted by Crippen LogP contribution is -2.10. The fourth-order valence-corrected chi connectivity index (χ4v) is 2.34. The molecule has 0 spiro atoms. The van der Waals surface area contributed by atoms with Gasteiger partial charge in [-0.3, -0.25) is 0 Å². The zero-order valence-corrected chi connectivity index (χ0v) is 14.8. The molecule has 0 saturated heterocycles. The molecule has 0 radical (unpaired) electrons. The Hall–Kier alpha value is -3.18. The number of nitrogens with one attached hydrogen (secondary N) is 1. The van der Waals surface area contributed by atoms with Crippen LogP contribution in [-0.2, 0) is 0 Å². The summed E-state index contributed by atoms with van der Waals surface area (Å²) in [5.74, 6) is 4.37. The van der Waals surface area contributed by atoms with Gasteiger partial charge in [0.2, 0.25) is 0 Å². The first-order chi connectivity index (χ1) is 12.8. The molecule has 0 aliphatic carbocycles. The molecule has 0 aliphatic heterocycles. The lowest BCUT2D eigenvalue weighted by atomic mass is 10.3. The van der Waals surface area contributed by atoms with Crippen LogP contribution < -0.4 is 24.5 Å². The Morgan fingerprint density at radius 1 is 0.654 bits per heavy atom. The molecular weight excluding hydrogens is 330 g/mol. The zero-order valence-electron chi connectivity index (χ0n) is 14.8. The van der Waals surface area contributed by atoms with Gasteiger partial charge < -0.3 is 19.0 Å². The van der Waals surface area contributed by atoms with E-state index in [0.717, 1.165) is 11.5 Å². The standard InChI is InChI=1S/C21H21NO4/c1-3-23-16-7-9-17(10-8-16)24-20-5-4-6-21(15-20)25-18-11-13-19(14-12-18)26-22-2/h4-15,22H,3H2,1-2H3. The average Bonchev–Trinajstić information content (AvgIpc) is 2.66. The summed E-state index contributed by atoms with van der Waals surface area (Å²) in [5.41, 5.74) is 2.63. The number of ether oxygens (including phenoxy) is 3. The van der Waals surface area contributed by atoms with Crippen LogP contribution in [-0.4, -0.2) is 13.7 Å². The maximum Gasteiger partial charge on any atom is 0.147 e. The van der Waals surface area contributed by atoms with E-state index in [1.807, 2.05) is 79.7 Å². The third kappa shape index (κ3) is 4.91. The van der Waals surface area contributed by atoms with Crippen molar-refractivity contribution in [3.05, 3.63) is 72.8 Å². The Morgan fingerprint density at radius 3 is 1.65 bits per heavy atom. The molecule has 3 rings (SSSR count). The summed E-state index contributed by atoms with van der Waals surface area (Å²) < 4.78 is 17.2. The maximum absolute atomic E-state index is 5.88. The van der Waals surface area contributed by atoms with Gasteiger partial charge in [0.05, 0.1) is 6.61 Å². The van der Waals surface area contributed by atoms with Gasteiger partial charge >= 0.3 is 0 Å². The second-order valence-electron chi connectivity index (χ2n) is 5.36. The van der Waals surface area contributed by atoms with Crippen molar-refractivity contribution >= 4 is 0 Å². The predicted molar refractivity (Wildman–Crippen MR) is 100 cm³/mol. The Kier molecular flexibility index (Phi) is 5.96. The zero-order chi connectivity index (χ0) is 18.2. The smallest absolute Gasteiger partial charge is 0.147 e. The molecule has 0 bridgehead atoms. The Balaban J connectivity index is 1.65. The van der Waals surface area contributed by atoms with E-state index in [4.69, 9.17) is 19.0 Å². The minimum absolute atomic E-state index is 0.641. The molecule has 0 fully saturated rings. The van der Waals surface area contributed by atoms with Crippen molar-refractivity contribution in [2.45, 2.75) is 6.92 Å². The summed E-state index contributed by atoms with van der Waals surface area (Å²) in [5, 5.41) is 0. The molecule has 3 aromatic carbocycles. The topological polar surface area (TPSA) is 49.0 Å². The number of benzene rings is 3. The van der Waals surface area contributed by atoms with Crippen LogP contribution in [0, 0.1) is 0 Å². The van der Waals surface area contributed by atoms with Crippen LogP contribution >= 0.6 is 0 Å². The van der Waals surface area contributed by atoms with E-state index < -0.39 is 0 Å². The minimum Gasteiger partial charge on any atom is -0.494 e. The molecule has 0 atom stereocenters. The van der Waals surface area contributed by atoms with Gasteiger partial charge in [0, 0.05) is 13.1 Å². The van der Waals surface area contributed by atoms with E-state index >= 15 is 0 Å². The summed E-state index contributed by atoms with van der Waals surface area (Å²) in [6.45, 7) is 2.60. The number of hydroxylamine groups is 1. The number of hydrogen-bond acceptors (Lipinski definition) is 5. The van der Waals surface area contributed by atoms with Crippen LogP contribution in [0.15, 0.2) is 72.8 Å². The normalized spacial score (nSPS) is 10.2. The number of rotatable bonds is 8. The molecule has 0 saturated carbocycles. The van der Waals surface area contributed by atoms with Crippen molar-refractivity contribution < 1.29 is 19.0 Å². The third-order valence-corrected chi connectivity index (χ3v) is 3.46. The van der Waals surface area contributed by atoms with E-state index in [1.54, 1.807) is 7.05 Å². The largest absolute Gasteiger partial charge is 0.494 e. The highest BCUT2D eigenvalue weighted by molar-refractivity contribution is 5.41. The fourth-order valence-electron chi connectivity index (χ4n) is 2.34. The molecule has 5 nitrogen and oxygen atoms in total. The van der Waals surface area contributed by atoms with Gasteiger partial charge in [0.1, 0.15) is 34.5 Å². The second-order valence-corrected chi connectivity index (χ2v) is 5.36. The summed E-state index contributed by atoms with van der Waals surface area (Å²) in [4.78, 5) is 5.19. The van der Waals surface area contributed by atoms with Crippen molar-refractivity contribution in [3.8, 4) is 34.5 Å². The van der Waals surface area contributed by atoms with Gasteiger partial charge in [-0.05, 0) is 67.6 Å². The second kappa shape index (κ2) is 8.78. The maximum atomic E-state index is 5.88. The van der Waals surface area contributed by atoms with Crippen LogP contribution in [0.3, 0.4) is 0 Å². The first-order valence-electron chi connectivity index (χ1n) is 8.39. The molecule has 0 aromatic heterocycles. The van der Waals surface area contributed by atoms with E-state index in [-0.39, 0.29) is 0 Å². The third-order valence-electron chi connectivity index (χ3n) is 3.46. The van der Waals surface area contributed by atoms with Gasteiger partial charge in [0.15, 0.2) is 0 Å². The van der Waals surface area contributed by atoms with Crippen LogP contribution in [0.2, 0.25) is 0 Å². The van der Waals surface area contributed by atoms with Gasteiger partial charge in [0.25, 0.3) is 0 Å². The van der Waals surface area contributed by atoms with Gasteiger partial charge in [-0.2, -0.15) is 5.48 Å². The van der Waals surface area contributed by atoms with E-state index in [9.17, 15) is 0 Å². The summed E-state index contributed by atoms with van der Waals surface area (Å²) in [6.07, 6.45) is 0. The molecule has 1 N–H and O–H groups in total. The van der Waals surface area contributed by atoms with Crippen molar-refractivity contribution in [3.63, 3.8) is 0 Å². The highest BCUT2D eigenvalue weighted by atomic mass is 16.6. The number of hydrogen-bond donors (Lipinski definition) is 1. The van der Waals surface area contributed by atoms with Crippen molar-refractivity contribution in [1.82, 2.24) is 5.48 Å². The average molecular weight is 351 g/mol. The molecule has 26 heavy (non-hydrogen) atoms. The monoisotopic (exact) mass is 351 g/mol. The van der Waals surface area contributed by atoms with E-state index in [2.05, 4.69) is 5.48 Å². The summed E-state index contributed by atoms with van der Waals surface area (Å²) in [6, 6.07) is 22.3. The van der Waals surface area contributed by atoms with Crippen LogP contribution in [0.25, 0.3) is 0 Å². The molecule has 0 aliphatic rings. The lowest BCUT2D eigenvalue weighted by Gasteiger charge is -2.10. The summed E-state index contributed by atoms with van der Waals surface area (Å²) >= 11 is 0. The van der Waals surface area contributed by atoms with Crippen LogP contribution in [0.1, 0.15) is 6.92 Å². The molecule has 5 heteroatoms. The summed E-state index contributed by atoms with van der Waals surface area (Å²) in [7, 11) is 1.71.